The van der Waals surface area contributed by atoms with Crippen LogP contribution >= 0.6 is 11.6 Å². The Balaban J connectivity index is 1.87. The summed E-state index contributed by atoms with van der Waals surface area (Å²) in [5.41, 5.74) is 5.01. The molecule has 0 radical (unpaired) electrons. The van der Waals surface area contributed by atoms with E-state index in [0.717, 1.165) is 5.56 Å². The first-order valence-corrected chi connectivity index (χ1v) is 14.5. The van der Waals surface area contributed by atoms with Crippen LogP contribution in [0.4, 0.5) is 11.5 Å². The van der Waals surface area contributed by atoms with Gasteiger partial charge in [0, 0.05) is 28.4 Å². The van der Waals surface area contributed by atoms with Gasteiger partial charge in [-0.3, -0.25) is 9.59 Å². The molecule has 0 aliphatic heterocycles. The molecule has 2 amide bonds. The number of nitrogens with zero attached hydrogens (tertiary/aromatic N) is 2. The highest BCUT2D eigenvalue weighted by Crippen LogP contribution is 2.33. The molecule has 0 saturated carbocycles. The number of carbonyl (C=O) groups is 2. The Morgan fingerprint density at radius 1 is 1.00 bits per heavy atom. The van der Waals surface area contributed by atoms with E-state index in [9.17, 15) is 9.59 Å². The predicted octanol–water partition coefficient (Wildman–Crippen LogP) is 5.35. The van der Waals surface area contributed by atoms with E-state index in [-0.39, 0.29) is 22.0 Å². The summed E-state index contributed by atoms with van der Waals surface area (Å²) in [6.07, 6.45) is 1.59. The van der Waals surface area contributed by atoms with Gasteiger partial charge in [-0.05, 0) is 42.5 Å². The van der Waals surface area contributed by atoms with Crippen molar-refractivity contribution < 1.29 is 14.3 Å². The maximum Gasteiger partial charge on any atom is 0.259 e. The lowest BCUT2D eigenvalue weighted by atomic mass is 10.1. The van der Waals surface area contributed by atoms with Gasteiger partial charge in [-0.2, -0.15) is 5.26 Å². The second-order valence-electron chi connectivity index (χ2n) is 8.56. The summed E-state index contributed by atoms with van der Waals surface area (Å²) in [6.45, 7) is 6.46. The molecule has 0 unspecified atom stereocenters. The molecule has 9 heteroatoms. The van der Waals surface area contributed by atoms with Gasteiger partial charge < -0.3 is 15.4 Å². The van der Waals surface area contributed by atoms with Gasteiger partial charge in [-0.1, -0.05) is 37.2 Å². The lowest BCUT2D eigenvalue weighted by molar-refractivity contribution is 0.102. The molecule has 0 aliphatic rings. The third-order valence-corrected chi connectivity index (χ3v) is 5.73. The molecule has 0 saturated heterocycles. The van der Waals surface area contributed by atoms with Crippen LogP contribution in [0.3, 0.4) is 0 Å². The number of anilines is 2. The van der Waals surface area contributed by atoms with E-state index in [0.29, 0.717) is 16.9 Å². The van der Waals surface area contributed by atoms with Gasteiger partial charge >= 0.3 is 0 Å². The van der Waals surface area contributed by atoms with Gasteiger partial charge in [0.2, 0.25) is 0 Å². The summed E-state index contributed by atoms with van der Waals surface area (Å²) < 4.78 is 5.36. The molecular formula is C26H23ClN4O3Si. The molecule has 7 nitrogen and oxygen atoms in total. The highest BCUT2D eigenvalue weighted by Gasteiger charge is 2.21. The third-order valence-electron chi connectivity index (χ3n) is 4.63. The Labute approximate surface area is 210 Å². The fourth-order valence-electron chi connectivity index (χ4n) is 2.92. The average Bonchev–Trinajstić information content (AvgIpc) is 2.83. The van der Waals surface area contributed by atoms with Crippen molar-refractivity contribution in [2.75, 3.05) is 17.7 Å². The SMILES string of the molecule is COc1cc(Cl)cc(C(=O)Nc2ccc(C#C[Si](C)(C)C)cn2)c1NC(=O)c1ccc(C#N)cc1. The van der Waals surface area contributed by atoms with Crippen molar-refractivity contribution in [1.29, 1.82) is 5.26 Å². The van der Waals surface area contributed by atoms with Crippen molar-refractivity contribution in [1.82, 2.24) is 4.98 Å². The number of hydrogen-bond acceptors (Lipinski definition) is 5. The zero-order valence-corrected chi connectivity index (χ0v) is 21.4. The number of nitriles is 1. The number of amides is 2. The van der Waals surface area contributed by atoms with Crippen LogP contribution in [0.1, 0.15) is 31.8 Å². The van der Waals surface area contributed by atoms with Gasteiger partial charge in [0.05, 0.1) is 30.0 Å². The van der Waals surface area contributed by atoms with Crippen LogP contribution in [-0.2, 0) is 0 Å². The summed E-state index contributed by atoms with van der Waals surface area (Å²) in [5, 5.41) is 14.6. The fourth-order valence-corrected chi connectivity index (χ4v) is 3.65. The number of carbonyl (C=O) groups excluding carboxylic acids is 2. The maximum absolute atomic E-state index is 13.1. The van der Waals surface area contributed by atoms with Gasteiger partial charge in [-0.15, -0.1) is 5.54 Å². The van der Waals surface area contributed by atoms with E-state index in [1.165, 1.54) is 43.5 Å². The Kier molecular flexibility index (Phi) is 7.93. The first-order chi connectivity index (χ1) is 16.6. The number of methoxy groups -OCH3 is 1. The van der Waals surface area contributed by atoms with Crippen molar-refractivity contribution in [2.24, 2.45) is 0 Å². The van der Waals surface area contributed by atoms with Gasteiger partial charge in [-0.25, -0.2) is 4.98 Å². The lowest BCUT2D eigenvalue weighted by Gasteiger charge is -2.16. The fraction of sp³-hybridized carbons (Fsp3) is 0.154. The van der Waals surface area contributed by atoms with E-state index in [4.69, 9.17) is 21.6 Å². The minimum atomic E-state index is -1.52. The van der Waals surface area contributed by atoms with E-state index in [1.807, 2.05) is 6.07 Å². The lowest BCUT2D eigenvalue weighted by Crippen LogP contribution is -2.19. The van der Waals surface area contributed by atoms with Gasteiger partial charge in [0.15, 0.2) is 0 Å². The largest absolute Gasteiger partial charge is 0.494 e. The average molecular weight is 503 g/mol. The standard InChI is InChI=1S/C26H23ClN4O3Si/c1-34-22-14-20(27)13-21(24(22)31-25(32)19-8-5-17(15-28)6-9-19)26(33)30-23-10-7-18(16-29-23)11-12-35(2,3)4/h5-10,13-14,16H,1-4H3,(H,31,32)(H,29,30,33). The molecular weight excluding hydrogens is 480 g/mol. The number of pyridine rings is 1. The summed E-state index contributed by atoms with van der Waals surface area (Å²) in [5.74, 6) is 2.63. The Morgan fingerprint density at radius 2 is 1.69 bits per heavy atom. The Morgan fingerprint density at radius 3 is 2.26 bits per heavy atom. The van der Waals surface area contributed by atoms with E-state index in [1.54, 1.807) is 18.3 Å². The monoisotopic (exact) mass is 502 g/mol. The van der Waals surface area contributed by atoms with E-state index < -0.39 is 19.9 Å². The molecule has 0 bridgehead atoms. The van der Waals surface area contributed by atoms with Crippen LogP contribution < -0.4 is 15.4 Å². The van der Waals surface area contributed by atoms with Crippen molar-refractivity contribution in [3.8, 4) is 23.3 Å². The Hall–Kier alpha value is -4.11. The van der Waals surface area contributed by atoms with Crippen molar-refractivity contribution in [3.05, 3.63) is 82.0 Å². The normalized spacial score (nSPS) is 10.4. The van der Waals surface area contributed by atoms with Crippen molar-refractivity contribution in [2.45, 2.75) is 19.6 Å². The number of halogens is 1. The number of benzene rings is 2. The Bertz CT molecular complexity index is 1360. The van der Waals surface area contributed by atoms with Crippen molar-refractivity contribution in [3.63, 3.8) is 0 Å². The quantitative estimate of drug-likeness (QED) is 0.361. The minimum absolute atomic E-state index is 0.0979. The van der Waals surface area contributed by atoms with Crippen LogP contribution in [0, 0.1) is 22.8 Å². The number of ether oxygens (including phenoxy) is 1. The first kappa shape index (κ1) is 25.5. The predicted molar refractivity (Wildman–Crippen MR) is 140 cm³/mol. The molecule has 0 atom stereocenters. The number of hydrogen-bond donors (Lipinski definition) is 2. The van der Waals surface area contributed by atoms with E-state index >= 15 is 0 Å². The smallest absolute Gasteiger partial charge is 0.259 e. The highest BCUT2D eigenvalue weighted by atomic mass is 35.5. The van der Waals surface area contributed by atoms with Crippen LogP contribution in [0.25, 0.3) is 0 Å². The second-order valence-corrected chi connectivity index (χ2v) is 13.7. The zero-order chi connectivity index (χ0) is 25.6. The first-order valence-electron chi connectivity index (χ1n) is 10.6. The second kappa shape index (κ2) is 10.9. The molecule has 3 aromatic rings. The third kappa shape index (κ3) is 6.94. The number of rotatable bonds is 5. The molecule has 0 fully saturated rings. The summed E-state index contributed by atoms with van der Waals surface area (Å²) in [6, 6.07) is 14.5. The number of nitrogens with one attached hydrogen (secondary N) is 2. The molecule has 1 heterocycles. The molecule has 3 rings (SSSR count). The van der Waals surface area contributed by atoms with Crippen LogP contribution in [0.15, 0.2) is 54.7 Å². The van der Waals surface area contributed by atoms with Crippen LogP contribution in [-0.4, -0.2) is 32.0 Å². The molecule has 35 heavy (non-hydrogen) atoms. The zero-order valence-electron chi connectivity index (χ0n) is 19.7. The molecule has 0 aliphatic carbocycles. The summed E-state index contributed by atoms with van der Waals surface area (Å²) in [4.78, 5) is 30.2. The van der Waals surface area contributed by atoms with Crippen molar-refractivity contribution >= 4 is 43.0 Å². The topological polar surface area (TPSA) is 104 Å². The molecule has 2 aromatic carbocycles. The minimum Gasteiger partial charge on any atom is -0.494 e. The van der Waals surface area contributed by atoms with Crippen LogP contribution in [0.2, 0.25) is 24.7 Å². The highest BCUT2D eigenvalue weighted by molar-refractivity contribution is 6.83. The van der Waals surface area contributed by atoms with Crippen LogP contribution in [0.5, 0.6) is 5.75 Å². The van der Waals surface area contributed by atoms with Gasteiger partial charge in [0.25, 0.3) is 11.8 Å². The molecule has 176 valence electrons. The maximum atomic E-state index is 13.1. The molecule has 1 aromatic heterocycles. The van der Waals surface area contributed by atoms with Gasteiger partial charge in [0.1, 0.15) is 19.6 Å². The van der Waals surface area contributed by atoms with E-state index in [2.05, 4.69) is 46.7 Å². The molecule has 2 N–H and O–H groups in total. The summed E-state index contributed by atoms with van der Waals surface area (Å²) >= 11 is 6.20. The summed E-state index contributed by atoms with van der Waals surface area (Å²) in [7, 11) is -0.110. The number of aromatic nitrogens is 1. The molecule has 0 spiro atoms.